The highest BCUT2D eigenvalue weighted by atomic mass is 16.3. The summed E-state index contributed by atoms with van der Waals surface area (Å²) in [7, 11) is 0. The Bertz CT molecular complexity index is 314. The number of hydrogen-bond acceptors (Lipinski definition) is 3. The summed E-state index contributed by atoms with van der Waals surface area (Å²) in [4.78, 5) is 6.68. The first kappa shape index (κ1) is 9.62. The predicted molar refractivity (Wildman–Crippen MR) is 54.9 cm³/mol. The van der Waals surface area contributed by atoms with Crippen LogP contribution in [-0.4, -0.2) is 34.2 Å². The lowest BCUT2D eigenvalue weighted by molar-refractivity contribution is 0.174. The number of hydrogen-bond donors (Lipinski definition) is 1. The molecule has 0 bridgehead atoms. The molecule has 1 fully saturated rings. The Hall–Kier alpha value is -0.930. The van der Waals surface area contributed by atoms with Crippen molar-refractivity contribution < 1.29 is 5.11 Å². The third kappa shape index (κ3) is 2.30. The van der Waals surface area contributed by atoms with Gasteiger partial charge in [-0.05, 0) is 25.5 Å². The number of aliphatic hydroxyl groups excluding tert-OH is 1. The quantitative estimate of drug-likeness (QED) is 0.758. The summed E-state index contributed by atoms with van der Waals surface area (Å²) < 4.78 is 0. The molecule has 0 radical (unpaired) electrons. The van der Waals surface area contributed by atoms with E-state index in [1.54, 1.807) is 0 Å². The van der Waals surface area contributed by atoms with Crippen molar-refractivity contribution in [3.8, 4) is 0 Å². The van der Waals surface area contributed by atoms with Gasteiger partial charge in [-0.3, -0.25) is 9.88 Å². The highest BCUT2D eigenvalue weighted by Gasteiger charge is 2.20. The Labute approximate surface area is 84.4 Å². The molecule has 2 rings (SSSR count). The first-order chi connectivity index (χ1) is 6.74. The van der Waals surface area contributed by atoms with Crippen molar-refractivity contribution >= 4 is 0 Å². The minimum absolute atomic E-state index is 0.139. The summed E-state index contributed by atoms with van der Waals surface area (Å²) in [5, 5.41) is 9.37. The SMILES string of the molecule is Cc1cccc(CN2CC[C@H](O)C2)n1. The summed E-state index contributed by atoms with van der Waals surface area (Å²) in [5.74, 6) is 0. The molecule has 1 N–H and O–H groups in total. The second-order valence-corrected chi connectivity index (χ2v) is 3.95. The van der Waals surface area contributed by atoms with E-state index in [1.165, 1.54) is 0 Å². The molecule has 1 aliphatic heterocycles. The van der Waals surface area contributed by atoms with Crippen LogP contribution in [0.5, 0.6) is 0 Å². The molecule has 3 heteroatoms. The standard InChI is InChI=1S/C11H16N2O/c1-9-3-2-4-10(12-9)7-13-6-5-11(14)8-13/h2-4,11,14H,5-8H2,1H3/t11-/m0/s1. The zero-order valence-corrected chi connectivity index (χ0v) is 8.48. The first-order valence-electron chi connectivity index (χ1n) is 5.07. The topological polar surface area (TPSA) is 36.4 Å². The van der Waals surface area contributed by atoms with Crippen LogP contribution in [0.1, 0.15) is 17.8 Å². The van der Waals surface area contributed by atoms with E-state index in [1.807, 2.05) is 25.1 Å². The molecule has 0 aliphatic carbocycles. The molecule has 14 heavy (non-hydrogen) atoms. The fraction of sp³-hybridized carbons (Fsp3) is 0.545. The van der Waals surface area contributed by atoms with Gasteiger partial charge in [0.15, 0.2) is 0 Å². The van der Waals surface area contributed by atoms with Gasteiger partial charge in [-0.1, -0.05) is 6.07 Å². The molecular weight excluding hydrogens is 176 g/mol. The lowest BCUT2D eigenvalue weighted by atomic mass is 10.3. The van der Waals surface area contributed by atoms with Gasteiger partial charge in [0.1, 0.15) is 0 Å². The van der Waals surface area contributed by atoms with Crippen molar-refractivity contribution in [2.24, 2.45) is 0 Å². The molecule has 1 atom stereocenters. The molecule has 0 spiro atoms. The molecule has 1 aromatic heterocycles. The normalized spacial score (nSPS) is 22.9. The zero-order valence-electron chi connectivity index (χ0n) is 8.48. The van der Waals surface area contributed by atoms with Crippen LogP contribution in [0.2, 0.25) is 0 Å². The highest BCUT2D eigenvalue weighted by molar-refractivity contribution is 5.09. The second-order valence-electron chi connectivity index (χ2n) is 3.95. The fourth-order valence-corrected chi connectivity index (χ4v) is 1.87. The van der Waals surface area contributed by atoms with Crippen LogP contribution in [0.3, 0.4) is 0 Å². The van der Waals surface area contributed by atoms with Gasteiger partial charge in [0.2, 0.25) is 0 Å². The fourth-order valence-electron chi connectivity index (χ4n) is 1.87. The molecule has 3 nitrogen and oxygen atoms in total. The minimum atomic E-state index is -0.139. The van der Waals surface area contributed by atoms with Crippen LogP contribution in [0.25, 0.3) is 0 Å². The highest BCUT2D eigenvalue weighted by Crippen LogP contribution is 2.12. The van der Waals surface area contributed by atoms with Gasteiger partial charge in [0, 0.05) is 25.3 Å². The van der Waals surface area contributed by atoms with Gasteiger partial charge < -0.3 is 5.11 Å². The molecule has 2 heterocycles. The second kappa shape index (κ2) is 4.07. The van der Waals surface area contributed by atoms with Crippen LogP contribution in [0.15, 0.2) is 18.2 Å². The van der Waals surface area contributed by atoms with Crippen molar-refractivity contribution in [2.75, 3.05) is 13.1 Å². The number of aliphatic hydroxyl groups is 1. The van der Waals surface area contributed by atoms with Gasteiger partial charge in [-0.2, -0.15) is 0 Å². The average molecular weight is 192 g/mol. The Balaban J connectivity index is 1.97. The van der Waals surface area contributed by atoms with E-state index in [2.05, 4.69) is 9.88 Å². The Kier molecular flexibility index (Phi) is 2.79. The van der Waals surface area contributed by atoms with Crippen molar-refractivity contribution in [2.45, 2.75) is 26.0 Å². The number of β-amino-alcohol motifs (C(OH)–C–C–N with tert-alkyl or cyclic N) is 1. The predicted octanol–water partition coefficient (Wildman–Crippen LogP) is 0.957. The maximum atomic E-state index is 9.37. The van der Waals surface area contributed by atoms with Crippen LogP contribution in [0.4, 0.5) is 0 Å². The van der Waals surface area contributed by atoms with E-state index in [-0.39, 0.29) is 6.10 Å². The van der Waals surface area contributed by atoms with Crippen LogP contribution >= 0.6 is 0 Å². The van der Waals surface area contributed by atoms with Crippen molar-refractivity contribution in [3.63, 3.8) is 0 Å². The summed E-state index contributed by atoms with van der Waals surface area (Å²) in [5.41, 5.74) is 2.15. The number of pyridine rings is 1. The van der Waals surface area contributed by atoms with Crippen molar-refractivity contribution in [1.82, 2.24) is 9.88 Å². The Morgan fingerprint density at radius 2 is 2.43 bits per heavy atom. The molecule has 76 valence electrons. The Morgan fingerprint density at radius 1 is 1.57 bits per heavy atom. The van der Waals surface area contributed by atoms with E-state index in [9.17, 15) is 5.11 Å². The van der Waals surface area contributed by atoms with E-state index in [0.717, 1.165) is 37.4 Å². The largest absolute Gasteiger partial charge is 0.392 e. The number of likely N-dealkylation sites (tertiary alicyclic amines) is 1. The summed E-state index contributed by atoms with van der Waals surface area (Å²) in [6, 6.07) is 6.07. The summed E-state index contributed by atoms with van der Waals surface area (Å²) in [6.07, 6.45) is 0.756. The van der Waals surface area contributed by atoms with Gasteiger partial charge in [0.05, 0.1) is 11.8 Å². The molecule has 1 aromatic rings. The van der Waals surface area contributed by atoms with Gasteiger partial charge >= 0.3 is 0 Å². The van der Waals surface area contributed by atoms with E-state index < -0.39 is 0 Å². The summed E-state index contributed by atoms with van der Waals surface area (Å²) in [6.45, 7) is 4.63. The van der Waals surface area contributed by atoms with Crippen molar-refractivity contribution in [3.05, 3.63) is 29.6 Å². The number of nitrogens with zero attached hydrogens (tertiary/aromatic N) is 2. The molecule has 1 saturated heterocycles. The molecule has 0 saturated carbocycles. The zero-order chi connectivity index (χ0) is 9.97. The molecule has 0 unspecified atom stereocenters. The lowest BCUT2D eigenvalue weighted by Gasteiger charge is -2.14. The minimum Gasteiger partial charge on any atom is -0.392 e. The lowest BCUT2D eigenvalue weighted by Crippen LogP contribution is -2.22. The van der Waals surface area contributed by atoms with Crippen LogP contribution < -0.4 is 0 Å². The smallest absolute Gasteiger partial charge is 0.0679 e. The average Bonchev–Trinajstić information content (AvgIpc) is 2.51. The van der Waals surface area contributed by atoms with E-state index in [4.69, 9.17) is 0 Å². The number of rotatable bonds is 2. The van der Waals surface area contributed by atoms with E-state index in [0.29, 0.717) is 0 Å². The molecule has 0 amide bonds. The van der Waals surface area contributed by atoms with Crippen LogP contribution in [0, 0.1) is 6.92 Å². The molecule has 1 aliphatic rings. The monoisotopic (exact) mass is 192 g/mol. The third-order valence-electron chi connectivity index (χ3n) is 2.58. The van der Waals surface area contributed by atoms with E-state index >= 15 is 0 Å². The first-order valence-corrected chi connectivity index (χ1v) is 5.07. The maximum Gasteiger partial charge on any atom is 0.0679 e. The van der Waals surface area contributed by atoms with Gasteiger partial charge in [0.25, 0.3) is 0 Å². The Morgan fingerprint density at radius 3 is 3.07 bits per heavy atom. The van der Waals surface area contributed by atoms with Gasteiger partial charge in [-0.15, -0.1) is 0 Å². The molecular formula is C11H16N2O. The maximum absolute atomic E-state index is 9.37. The number of aryl methyl sites for hydroxylation is 1. The number of aromatic nitrogens is 1. The third-order valence-corrected chi connectivity index (χ3v) is 2.58. The summed E-state index contributed by atoms with van der Waals surface area (Å²) >= 11 is 0. The van der Waals surface area contributed by atoms with Crippen molar-refractivity contribution in [1.29, 1.82) is 0 Å². The molecule has 0 aromatic carbocycles. The van der Waals surface area contributed by atoms with Crippen LogP contribution in [-0.2, 0) is 6.54 Å². The van der Waals surface area contributed by atoms with Gasteiger partial charge in [-0.25, -0.2) is 0 Å².